The van der Waals surface area contributed by atoms with E-state index in [1.807, 2.05) is 65.0 Å². The summed E-state index contributed by atoms with van der Waals surface area (Å²) in [5.74, 6) is 0. The Hall–Kier alpha value is -1.55. The number of amides is 1. The van der Waals surface area contributed by atoms with Crippen LogP contribution in [0.4, 0.5) is 4.79 Å². The number of carbonyl (C=O) groups excluding carboxylic acids is 1. The fourth-order valence-electron chi connectivity index (χ4n) is 1.61. The van der Waals surface area contributed by atoms with E-state index in [1.165, 1.54) is 0 Å². The molecule has 1 aromatic rings. The first-order valence-electron chi connectivity index (χ1n) is 6.81. The second-order valence-corrected chi connectivity index (χ2v) is 6.49. The first kappa shape index (κ1) is 16.5. The molecule has 4 nitrogen and oxygen atoms in total. The van der Waals surface area contributed by atoms with Crippen LogP contribution in [0.15, 0.2) is 30.3 Å². The van der Waals surface area contributed by atoms with Crippen LogP contribution in [-0.2, 0) is 16.1 Å². The van der Waals surface area contributed by atoms with Gasteiger partial charge in [-0.15, -0.1) is 0 Å². The van der Waals surface area contributed by atoms with Crippen molar-refractivity contribution in [1.82, 2.24) is 5.32 Å². The minimum absolute atomic E-state index is 0.418. The molecule has 4 heteroatoms. The monoisotopic (exact) mass is 279 g/mol. The van der Waals surface area contributed by atoms with Crippen LogP contribution in [0, 0.1) is 0 Å². The highest BCUT2D eigenvalue weighted by molar-refractivity contribution is 5.68. The number of hydrogen-bond acceptors (Lipinski definition) is 3. The zero-order chi connectivity index (χ0) is 15.2. The van der Waals surface area contributed by atoms with Crippen LogP contribution in [0.2, 0.25) is 0 Å². The van der Waals surface area contributed by atoms with Crippen LogP contribution in [0.25, 0.3) is 0 Å². The molecule has 1 amide bonds. The Labute approximate surface area is 121 Å². The van der Waals surface area contributed by atoms with Crippen molar-refractivity contribution in [2.45, 2.75) is 52.4 Å². The molecular formula is C16H25NO3. The Balaban J connectivity index is 2.36. The van der Waals surface area contributed by atoms with Crippen LogP contribution in [-0.4, -0.2) is 23.8 Å². The van der Waals surface area contributed by atoms with Crippen LogP contribution < -0.4 is 5.32 Å². The minimum Gasteiger partial charge on any atom is -0.444 e. The SMILES string of the molecule is CC(C)(COCc1ccccc1)NC(=O)OC(C)(C)C. The number of carbonyl (C=O) groups is 1. The average Bonchev–Trinajstić information content (AvgIpc) is 2.26. The molecule has 0 saturated carbocycles. The van der Waals surface area contributed by atoms with Crippen molar-refractivity contribution in [3.63, 3.8) is 0 Å². The van der Waals surface area contributed by atoms with Gasteiger partial charge in [0.2, 0.25) is 0 Å². The molecule has 0 radical (unpaired) electrons. The predicted octanol–water partition coefficient (Wildman–Crippen LogP) is 3.51. The van der Waals surface area contributed by atoms with Crippen molar-refractivity contribution in [2.24, 2.45) is 0 Å². The minimum atomic E-state index is -0.495. The number of hydrogen-bond donors (Lipinski definition) is 1. The summed E-state index contributed by atoms with van der Waals surface area (Å²) in [4.78, 5) is 11.7. The molecule has 0 aliphatic rings. The van der Waals surface area contributed by atoms with E-state index < -0.39 is 17.2 Å². The van der Waals surface area contributed by atoms with Gasteiger partial charge in [0, 0.05) is 0 Å². The van der Waals surface area contributed by atoms with E-state index in [2.05, 4.69) is 5.32 Å². The quantitative estimate of drug-likeness (QED) is 0.897. The van der Waals surface area contributed by atoms with E-state index in [4.69, 9.17) is 9.47 Å². The lowest BCUT2D eigenvalue weighted by Gasteiger charge is -2.28. The highest BCUT2D eigenvalue weighted by Gasteiger charge is 2.24. The Morgan fingerprint density at radius 1 is 1.10 bits per heavy atom. The van der Waals surface area contributed by atoms with Gasteiger partial charge in [-0.05, 0) is 40.2 Å². The van der Waals surface area contributed by atoms with E-state index in [0.29, 0.717) is 13.2 Å². The van der Waals surface area contributed by atoms with Crippen LogP contribution >= 0.6 is 0 Å². The van der Waals surface area contributed by atoms with Gasteiger partial charge >= 0.3 is 6.09 Å². The van der Waals surface area contributed by atoms with Gasteiger partial charge in [0.25, 0.3) is 0 Å². The maximum absolute atomic E-state index is 11.7. The first-order chi connectivity index (χ1) is 9.18. The van der Waals surface area contributed by atoms with Gasteiger partial charge in [-0.1, -0.05) is 30.3 Å². The van der Waals surface area contributed by atoms with Gasteiger partial charge in [-0.2, -0.15) is 0 Å². The van der Waals surface area contributed by atoms with E-state index in [0.717, 1.165) is 5.56 Å². The summed E-state index contributed by atoms with van der Waals surface area (Å²) in [7, 11) is 0. The van der Waals surface area contributed by atoms with Crippen molar-refractivity contribution in [3.05, 3.63) is 35.9 Å². The van der Waals surface area contributed by atoms with Crippen LogP contribution in [0.5, 0.6) is 0 Å². The third-order valence-electron chi connectivity index (χ3n) is 2.41. The molecule has 0 unspecified atom stereocenters. The molecule has 0 aliphatic carbocycles. The molecule has 0 aliphatic heterocycles. The van der Waals surface area contributed by atoms with Crippen LogP contribution in [0.1, 0.15) is 40.2 Å². The number of rotatable bonds is 5. The molecule has 0 heterocycles. The fraction of sp³-hybridized carbons (Fsp3) is 0.562. The smallest absolute Gasteiger partial charge is 0.408 e. The Morgan fingerprint density at radius 3 is 2.25 bits per heavy atom. The van der Waals surface area contributed by atoms with Crippen LogP contribution in [0.3, 0.4) is 0 Å². The highest BCUT2D eigenvalue weighted by atomic mass is 16.6. The van der Waals surface area contributed by atoms with Gasteiger partial charge < -0.3 is 14.8 Å². The summed E-state index contributed by atoms with van der Waals surface area (Å²) >= 11 is 0. The summed E-state index contributed by atoms with van der Waals surface area (Å²) < 4.78 is 10.9. The fourth-order valence-corrected chi connectivity index (χ4v) is 1.61. The summed E-state index contributed by atoms with van der Waals surface area (Å²) in [5.41, 5.74) is 0.142. The molecule has 0 fully saturated rings. The number of nitrogens with one attached hydrogen (secondary N) is 1. The topological polar surface area (TPSA) is 47.6 Å². The van der Waals surface area contributed by atoms with Gasteiger partial charge in [0.15, 0.2) is 0 Å². The van der Waals surface area contributed by atoms with E-state index in [-0.39, 0.29) is 0 Å². The van der Waals surface area contributed by atoms with E-state index >= 15 is 0 Å². The number of ether oxygens (including phenoxy) is 2. The Kier molecular flexibility index (Phi) is 5.57. The molecule has 1 rings (SSSR count). The lowest BCUT2D eigenvalue weighted by molar-refractivity contribution is 0.0321. The standard InChI is InChI=1S/C16H25NO3/c1-15(2,3)20-14(18)17-16(4,5)12-19-11-13-9-7-6-8-10-13/h6-10H,11-12H2,1-5H3,(H,17,18). The van der Waals surface area contributed by atoms with Crippen molar-refractivity contribution in [1.29, 1.82) is 0 Å². The third kappa shape index (κ3) is 7.14. The normalized spacial score (nSPS) is 12.1. The van der Waals surface area contributed by atoms with E-state index in [9.17, 15) is 4.79 Å². The molecule has 0 aromatic heterocycles. The van der Waals surface area contributed by atoms with Gasteiger partial charge in [-0.25, -0.2) is 4.79 Å². The molecule has 112 valence electrons. The largest absolute Gasteiger partial charge is 0.444 e. The molecule has 1 aromatic carbocycles. The summed E-state index contributed by atoms with van der Waals surface area (Å²) in [6, 6.07) is 9.94. The zero-order valence-electron chi connectivity index (χ0n) is 13.0. The lowest BCUT2D eigenvalue weighted by atomic mass is 10.1. The lowest BCUT2D eigenvalue weighted by Crippen LogP contribution is -2.48. The molecule has 1 N–H and O–H groups in total. The molecule has 0 bridgehead atoms. The van der Waals surface area contributed by atoms with Crippen molar-refractivity contribution in [2.75, 3.05) is 6.61 Å². The van der Waals surface area contributed by atoms with Gasteiger partial charge in [0.1, 0.15) is 5.60 Å². The summed E-state index contributed by atoms with van der Waals surface area (Å²) in [6.45, 7) is 10.3. The summed E-state index contributed by atoms with van der Waals surface area (Å²) in [6.07, 6.45) is -0.425. The second kappa shape index (κ2) is 6.75. The Bertz CT molecular complexity index is 421. The van der Waals surface area contributed by atoms with Crippen molar-refractivity contribution < 1.29 is 14.3 Å². The number of alkyl carbamates (subject to hydrolysis) is 1. The maximum atomic E-state index is 11.7. The highest BCUT2D eigenvalue weighted by Crippen LogP contribution is 2.10. The predicted molar refractivity (Wildman–Crippen MR) is 79.5 cm³/mol. The molecule has 0 spiro atoms. The Morgan fingerprint density at radius 2 is 1.70 bits per heavy atom. The van der Waals surface area contributed by atoms with Gasteiger partial charge in [-0.3, -0.25) is 0 Å². The summed E-state index contributed by atoms with van der Waals surface area (Å²) in [5, 5.41) is 2.81. The molecule has 0 atom stereocenters. The molecular weight excluding hydrogens is 254 g/mol. The van der Waals surface area contributed by atoms with E-state index in [1.54, 1.807) is 0 Å². The third-order valence-corrected chi connectivity index (χ3v) is 2.41. The average molecular weight is 279 g/mol. The zero-order valence-corrected chi connectivity index (χ0v) is 13.0. The molecule has 0 saturated heterocycles. The number of benzene rings is 1. The van der Waals surface area contributed by atoms with Crippen molar-refractivity contribution in [3.8, 4) is 0 Å². The van der Waals surface area contributed by atoms with Gasteiger partial charge in [0.05, 0.1) is 18.8 Å². The second-order valence-electron chi connectivity index (χ2n) is 6.49. The maximum Gasteiger partial charge on any atom is 0.408 e. The molecule has 20 heavy (non-hydrogen) atoms. The van der Waals surface area contributed by atoms with Crippen molar-refractivity contribution >= 4 is 6.09 Å². The first-order valence-corrected chi connectivity index (χ1v) is 6.81.